The normalized spacial score (nSPS) is 18.1. The van der Waals surface area contributed by atoms with Crippen LogP contribution in [0.1, 0.15) is 36.0 Å². The predicted molar refractivity (Wildman–Crippen MR) is 129 cm³/mol. The summed E-state index contributed by atoms with van der Waals surface area (Å²) in [4.78, 5) is 0. The van der Waals surface area contributed by atoms with E-state index < -0.39 is 6.43 Å². The van der Waals surface area contributed by atoms with E-state index in [-0.39, 0.29) is 22.8 Å². The lowest BCUT2D eigenvalue weighted by molar-refractivity contribution is 0.224. The van der Waals surface area contributed by atoms with E-state index in [0.29, 0.717) is 11.0 Å². The van der Waals surface area contributed by atoms with Gasteiger partial charge in [0.25, 0.3) is 6.43 Å². The lowest BCUT2D eigenvalue weighted by Gasteiger charge is -2.35. The number of aryl methyl sites for hydroxylation is 1. The fraction of sp³-hybridized carbons (Fsp3) is 0.375. The van der Waals surface area contributed by atoms with E-state index in [4.69, 9.17) is 0 Å². The highest BCUT2D eigenvalue weighted by atomic mass is 32.2. The molecule has 0 radical (unpaired) electrons. The number of anilines is 1. The molecule has 2 aromatic carbocycles. The zero-order valence-corrected chi connectivity index (χ0v) is 18.5. The highest BCUT2D eigenvalue weighted by molar-refractivity contribution is 8.15. The first-order valence-corrected chi connectivity index (χ1v) is 12.0. The van der Waals surface area contributed by atoms with E-state index in [0.717, 1.165) is 43.6 Å². The Kier molecular flexibility index (Phi) is 6.92. The molecular formula is C24H28F2N4S. The van der Waals surface area contributed by atoms with Gasteiger partial charge in [-0.15, -0.1) is 0 Å². The maximum atomic E-state index is 12.8. The van der Waals surface area contributed by atoms with Crippen LogP contribution in [0.15, 0.2) is 58.7 Å². The third-order valence-corrected chi connectivity index (χ3v) is 7.90. The maximum absolute atomic E-state index is 12.8. The molecule has 1 saturated heterocycles. The molecule has 4 rings (SSSR count). The van der Waals surface area contributed by atoms with E-state index in [1.807, 2.05) is 12.1 Å². The molecular weight excluding hydrogens is 414 g/mol. The van der Waals surface area contributed by atoms with Crippen LogP contribution in [0.3, 0.4) is 0 Å². The van der Waals surface area contributed by atoms with E-state index in [9.17, 15) is 8.78 Å². The Morgan fingerprint density at radius 2 is 1.87 bits per heavy atom. The van der Waals surface area contributed by atoms with Gasteiger partial charge in [0.1, 0.15) is 5.71 Å². The summed E-state index contributed by atoms with van der Waals surface area (Å²) in [5.74, 6) is 4.59. The van der Waals surface area contributed by atoms with Crippen molar-refractivity contribution in [2.45, 2.75) is 44.4 Å². The summed E-state index contributed by atoms with van der Waals surface area (Å²) >= 11 is 0. The second-order valence-electron chi connectivity index (χ2n) is 8.04. The first kappa shape index (κ1) is 21.8. The number of hydrogen-bond acceptors (Lipinski definition) is 4. The Morgan fingerprint density at radius 1 is 1.13 bits per heavy atom. The molecule has 0 bridgehead atoms. The molecule has 0 aromatic heterocycles. The van der Waals surface area contributed by atoms with Crippen LogP contribution in [-0.2, 0) is 6.54 Å². The largest absolute Gasteiger partial charge is 0.318 e. The van der Waals surface area contributed by atoms with Crippen molar-refractivity contribution in [2.24, 2.45) is 10.2 Å². The number of halogens is 2. The van der Waals surface area contributed by atoms with Crippen molar-refractivity contribution in [1.82, 2.24) is 5.32 Å². The van der Waals surface area contributed by atoms with Crippen molar-refractivity contribution < 1.29 is 8.78 Å². The minimum Gasteiger partial charge on any atom is -0.318 e. The van der Waals surface area contributed by atoms with Gasteiger partial charge in [-0.25, -0.2) is 8.78 Å². The molecule has 164 valence electrons. The molecule has 1 unspecified atom stereocenters. The van der Waals surface area contributed by atoms with Gasteiger partial charge in [0.15, 0.2) is 0 Å². The quantitative estimate of drug-likeness (QED) is 0.600. The molecule has 0 spiro atoms. The number of piperidine rings is 1. The molecule has 1 N–H and O–H groups in total. The number of benzene rings is 2. The Labute approximate surface area is 185 Å². The second-order valence-corrected chi connectivity index (χ2v) is 9.95. The van der Waals surface area contributed by atoms with Crippen molar-refractivity contribution in [3.8, 4) is 0 Å². The van der Waals surface area contributed by atoms with E-state index in [1.165, 1.54) is 11.3 Å². The molecule has 4 nitrogen and oxygen atoms in total. The molecule has 0 aliphatic carbocycles. The van der Waals surface area contributed by atoms with Crippen LogP contribution in [-0.4, -0.2) is 42.1 Å². The molecule has 2 aromatic rings. The summed E-state index contributed by atoms with van der Waals surface area (Å²) in [7, 11) is -0.153. The van der Waals surface area contributed by atoms with E-state index in [2.05, 4.69) is 69.0 Å². The second kappa shape index (κ2) is 9.83. The number of alkyl halides is 2. The molecule has 1 fully saturated rings. The molecule has 2 aliphatic rings. The molecule has 7 heteroatoms. The molecule has 0 saturated carbocycles. The van der Waals surface area contributed by atoms with Gasteiger partial charge < -0.3 is 9.62 Å². The summed E-state index contributed by atoms with van der Waals surface area (Å²) in [6.45, 7) is 4.96. The van der Waals surface area contributed by atoms with E-state index >= 15 is 0 Å². The van der Waals surface area contributed by atoms with E-state index in [1.54, 1.807) is 0 Å². The smallest absolute Gasteiger partial charge is 0.278 e. The van der Waals surface area contributed by atoms with Gasteiger partial charge in [0.05, 0.1) is 12.3 Å². The molecule has 0 amide bonds. The zero-order chi connectivity index (χ0) is 21.8. The standard InChI is InChI=1S/C24H28F2N4S/c1-17-4-3-5-20(14-17)30(31(2)21-10-12-27-13-11-21)16-18-6-8-19(9-7-18)22-15-23(24(25)26)29-28-22/h3-9,14,21,24,27H,2,10-13,15-16H2,1H3. The summed E-state index contributed by atoms with van der Waals surface area (Å²) in [5.41, 5.74) is 4.87. The summed E-state index contributed by atoms with van der Waals surface area (Å²) < 4.78 is 28.1. The molecule has 1 atom stereocenters. The average molecular weight is 443 g/mol. The molecule has 2 heterocycles. The lowest BCUT2D eigenvalue weighted by Crippen LogP contribution is -2.33. The predicted octanol–water partition coefficient (Wildman–Crippen LogP) is 5.18. The number of nitrogens with one attached hydrogen (secondary N) is 1. The van der Waals surface area contributed by atoms with Crippen molar-refractivity contribution in [1.29, 1.82) is 0 Å². The zero-order valence-electron chi connectivity index (χ0n) is 17.7. The fourth-order valence-corrected chi connectivity index (χ4v) is 5.79. The van der Waals surface area contributed by atoms with Crippen LogP contribution in [0.4, 0.5) is 14.5 Å². The summed E-state index contributed by atoms with van der Waals surface area (Å²) in [6.07, 6.45) is -0.154. The lowest BCUT2D eigenvalue weighted by atomic mass is 10.0. The van der Waals surface area contributed by atoms with Crippen LogP contribution in [0.25, 0.3) is 0 Å². The third kappa shape index (κ3) is 5.28. The van der Waals surface area contributed by atoms with Crippen LogP contribution < -0.4 is 9.62 Å². The van der Waals surface area contributed by atoms with Gasteiger partial charge in [-0.2, -0.15) is 10.2 Å². The van der Waals surface area contributed by atoms with Crippen molar-refractivity contribution >= 4 is 33.7 Å². The van der Waals surface area contributed by atoms with Crippen molar-refractivity contribution in [3.63, 3.8) is 0 Å². The van der Waals surface area contributed by atoms with Gasteiger partial charge >= 0.3 is 0 Å². The highest BCUT2D eigenvalue weighted by Gasteiger charge is 2.23. The van der Waals surface area contributed by atoms with Gasteiger partial charge in [0.2, 0.25) is 0 Å². The summed E-state index contributed by atoms with van der Waals surface area (Å²) in [6, 6.07) is 16.6. The first-order valence-electron chi connectivity index (χ1n) is 10.6. The Morgan fingerprint density at radius 3 is 2.52 bits per heavy atom. The highest BCUT2D eigenvalue weighted by Crippen LogP contribution is 2.36. The van der Waals surface area contributed by atoms with Crippen LogP contribution in [0, 0.1) is 6.92 Å². The van der Waals surface area contributed by atoms with Crippen molar-refractivity contribution in [2.75, 3.05) is 17.4 Å². The van der Waals surface area contributed by atoms with Crippen molar-refractivity contribution in [3.05, 3.63) is 65.2 Å². The number of nitrogens with zero attached hydrogens (tertiary/aromatic N) is 3. The Bertz CT molecular complexity index is 995. The van der Waals surface area contributed by atoms with Crippen LogP contribution >= 0.6 is 10.7 Å². The first-order chi connectivity index (χ1) is 15.0. The van der Waals surface area contributed by atoms with Crippen LogP contribution in [0.2, 0.25) is 0 Å². The fourth-order valence-electron chi connectivity index (χ4n) is 3.96. The van der Waals surface area contributed by atoms with Gasteiger partial charge in [-0.05, 0) is 61.7 Å². The van der Waals surface area contributed by atoms with Gasteiger partial charge in [0, 0.05) is 17.4 Å². The maximum Gasteiger partial charge on any atom is 0.278 e. The number of hydrogen-bond donors (Lipinski definition) is 1. The van der Waals surface area contributed by atoms with Gasteiger partial charge in [-0.3, -0.25) is 0 Å². The molecule has 31 heavy (non-hydrogen) atoms. The SMILES string of the molecule is C=S(C1CCNCC1)N(Cc1ccc(C2=NN=C(C(F)F)C2)cc1)c1cccc(C)c1. The average Bonchev–Trinajstić information content (AvgIpc) is 3.29. The monoisotopic (exact) mass is 442 g/mol. The minimum absolute atomic E-state index is 0.116. The number of rotatable bonds is 7. The Balaban J connectivity index is 1.52. The topological polar surface area (TPSA) is 40.0 Å². The Hall–Kier alpha value is -2.38. The molecule has 2 aliphatic heterocycles. The third-order valence-electron chi connectivity index (χ3n) is 5.76. The minimum atomic E-state index is -2.55. The van der Waals surface area contributed by atoms with Gasteiger partial charge in [-0.1, -0.05) is 52.9 Å². The summed E-state index contributed by atoms with van der Waals surface area (Å²) in [5, 5.41) is 11.6. The van der Waals surface area contributed by atoms with Crippen LogP contribution in [0.5, 0.6) is 0 Å².